The predicted molar refractivity (Wildman–Crippen MR) is 171 cm³/mol. The number of sulfonamides is 1. The third kappa shape index (κ3) is 8.82. The fraction of sp³-hybridized carbons (Fsp3) is 0.182. The molecule has 0 aliphatic heterocycles. The Hall–Kier alpha value is -5.43. The molecule has 4 aromatic carbocycles. The van der Waals surface area contributed by atoms with Crippen molar-refractivity contribution in [2.24, 2.45) is 5.10 Å². The molecule has 240 valence electrons. The van der Waals surface area contributed by atoms with Crippen LogP contribution in [0.1, 0.15) is 24.1 Å². The lowest BCUT2D eigenvalue weighted by Gasteiger charge is -2.24. The quantitative estimate of drug-likeness (QED) is 0.152. The highest BCUT2D eigenvalue weighted by atomic mass is 32.2. The maximum Gasteiger partial charge on any atom is 0.264 e. The molecule has 11 nitrogen and oxygen atoms in total. The first-order valence-corrected chi connectivity index (χ1v) is 15.4. The van der Waals surface area contributed by atoms with E-state index in [-0.39, 0.29) is 34.9 Å². The number of carbonyl (C=O) groups is 2. The molecule has 2 N–H and O–H groups in total. The van der Waals surface area contributed by atoms with Crippen molar-refractivity contribution < 1.29 is 36.6 Å². The number of nitrogens with one attached hydrogen (secondary N) is 2. The smallest absolute Gasteiger partial charge is 0.264 e. The Bertz CT molecular complexity index is 1770. The van der Waals surface area contributed by atoms with Crippen molar-refractivity contribution in [3.8, 4) is 17.2 Å². The summed E-state index contributed by atoms with van der Waals surface area (Å²) >= 11 is 0. The van der Waals surface area contributed by atoms with Crippen molar-refractivity contribution in [3.05, 3.63) is 114 Å². The van der Waals surface area contributed by atoms with Gasteiger partial charge in [0, 0.05) is 6.07 Å². The number of ether oxygens (including phenoxy) is 3. The lowest BCUT2D eigenvalue weighted by molar-refractivity contribution is -0.123. The van der Waals surface area contributed by atoms with Gasteiger partial charge in [0.25, 0.3) is 21.8 Å². The summed E-state index contributed by atoms with van der Waals surface area (Å²) in [6.07, 6.45) is 1.36. The summed E-state index contributed by atoms with van der Waals surface area (Å²) < 4.78 is 57.7. The SMILES string of the molecule is COc1ccc(S(=O)(=O)N(CC(=O)N/N=C\c2ccc(OCC(=O)N[C@@H](C)c3ccccc3)cc2)c2ccc(F)cc2)cc1OC. The highest BCUT2D eigenvalue weighted by Gasteiger charge is 2.28. The molecular weight excluding hydrogens is 615 g/mol. The van der Waals surface area contributed by atoms with E-state index >= 15 is 0 Å². The fourth-order valence-electron chi connectivity index (χ4n) is 4.28. The number of carbonyl (C=O) groups excluding carboxylic acids is 2. The molecule has 0 saturated heterocycles. The van der Waals surface area contributed by atoms with E-state index in [1.54, 1.807) is 24.3 Å². The zero-order valence-corrected chi connectivity index (χ0v) is 26.2. The molecule has 0 aliphatic carbocycles. The lowest BCUT2D eigenvalue weighted by atomic mass is 10.1. The van der Waals surface area contributed by atoms with E-state index in [1.165, 1.54) is 50.8 Å². The second-order valence-electron chi connectivity index (χ2n) is 9.86. The first kappa shape index (κ1) is 33.5. The van der Waals surface area contributed by atoms with Gasteiger partial charge in [-0.3, -0.25) is 13.9 Å². The fourth-order valence-corrected chi connectivity index (χ4v) is 5.72. The highest BCUT2D eigenvalue weighted by Crippen LogP contribution is 2.32. The van der Waals surface area contributed by atoms with Crippen LogP contribution in [0, 0.1) is 5.82 Å². The molecule has 4 rings (SSSR count). The van der Waals surface area contributed by atoms with E-state index < -0.39 is 28.3 Å². The summed E-state index contributed by atoms with van der Waals surface area (Å²) in [6, 6.07) is 24.7. The van der Waals surface area contributed by atoms with Gasteiger partial charge in [0.1, 0.15) is 18.1 Å². The van der Waals surface area contributed by atoms with E-state index in [4.69, 9.17) is 14.2 Å². The van der Waals surface area contributed by atoms with E-state index in [9.17, 15) is 22.4 Å². The molecule has 0 fully saturated rings. The second kappa shape index (κ2) is 15.5. The van der Waals surface area contributed by atoms with Crippen LogP contribution in [0.4, 0.5) is 10.1 Å². The Morgan fingerprint density at radius 1 is 0.891 bits per heavy atom. The van der Waals surface area contributed by atoms with Gasteiger partial charge in [-0.25, -0.2) is 18.2 Å². The third-order valence-corrected chi connectivity index (χ3v) is 8.44. The van der Waals surface area contributed by atoms with Crippen molar-refractivity contribution in [1.82, 2.24) is 10.7 Å². The van der Waals surface area contributed by atoms with Crippen LogP contribution < -0.4 is 29.3 Å². The van der Waals surface area contributed by atoms with Crippen LogP contribution in [0.2, 0.25) is 0 Å². The maximum atomic E-state index is 13.6. The summed E-state index contributed by atoms with van der Waals surface area (Å²) in [5.74, 6) is -0.639. The summed E-state index contributed by atoms with van der Waals surface area (Å²) in [7, 11) is -1.53. The van der Waals surface area contributed by atoms with Crippen LogP contribution >= 0.6 is 0 Å². The molecule has 1 atom stereocenters. The Labute approximate surface area is 266 Å². The van der Waals surface area contributed by atoms with Gasteiger partial charge in [-0.15, -0.1) is 0 Å². The largest absolute Gasteiger partial charge is 0.493 e. The molecule has 0 aromatic heterocycles. The van der Waals surface area contributed by atoms with E-state index in [0.717, 1.165) is 22.0 Å². The summed E-state index contributed by atoms with van der Waals surface area (Å²) in [4.78, 5) is 25.0. The number of hydrazone groups is 1. The van der Waals surface area contributed by atoms with Gasteiger partial charge < -0.3 is 19.5 Å². The van der Waals surface area contributed by atoms with Crippen LogP contribution in [-0.2, 0) is 19.6 Å². The number of hydrogen-bond acceptors (Lipinski definition) is 8. The van der Waals surface area contributed by atoms with Crippen LogP contribution in [-0.4, -0.2) is 53.8 Å². The number of rotatable bonds is 14. The van der Waals surface area contributed by atoms with Crippen LogP contribution in [0.5, 0.6) is 17.2 Å². The molecule has 0 bridgehead atoms. The number of nitrogens with zero attached hydrogens (tertiary/aromatic N) is 2. The van der Waals surface area contributed by atoms with Crippen molar-refractivity contribution in [2.45, 2.75) is 17.9 Å². The van der Waals surface area contributed by atoms with Crippen molar-refractivity contribution in [1.29, 1.82) is 0 Å². The predicted octanol–water partition coefficient (Wildman–Crippen LogP) is 4.44. The first-order valence-electron chi connectivity index (χ1n) is 14.0. The maximum absolute atomic E-state index is 13.6. The topological polar surface area (TPSA) is 136 Å². The Kier molecular flexibility index (Phi) is 11.3. The Morgan fingerprint density at radius 3 is 2.22 bits per heavy atom. The molecule has 4 aromatic rings. The number of halogens is 1. The van der Waals surface area contributed by atoms with Gasteiger partial charge in [-0.05, 0) is 78.7 Å². The van der Waals surface area contributed by atoms with Gasteiger partial charge in [0.15, 0.2) is 18.1 Å². The minimum atomic E-state index is -4.31. The summed E-state index contributed by atoms with van der Waals surface area (Å²) in [5, 5.41) is 6.80. The number of amides is 2. The lowest BCUT2D eigenvalue weighted by Crippen LogP contribution is -2.39. The van der Waals surface area contributed by atoms with Crippen LogP contribution in [0.15, 0.2) is 107 Å². The monoisotopic (exact) mass is 648 g/mol. The van der Waals surface area contributed by atoms with E-state index in [2.05, 4.69) is 15.8 Å². The highest BCUT2D eigenvalue weighted by molar-refractivity contribution is 7.92. The molecule has 13 heteroatoms. The number of anilines is 1. The molecule has 0 saturated carbocycles. The minimum Gasteiger partial charge on any atom is -0.493 e. The van der Waals surface area contributed by atoms with Gasteiger partial charge >= 0.3 is 0 Å². The molecule has 0 unspecified atom stereocenters. The van der Waals surface area contributed by atoms with Gasteiger partial charge in [-0.1, -0.05) is 30.3 Å². The molecular formula is C33H33FN4O7S. The number of benzene rings is 4. The standard InChI is InChI=1S/C33H33FN4O7S/c1-23(25-7-5-4-6-8-25)36-33(40)22-45-28-15-9-24(10-16-28)20-35-37-32(39)21-38(27-13-11-26(34)12-14-27)46(41,42)29-17-18-30(43-2)31(19-29)44-3/h4-20,23H,21-22H2,1-3H3,(H,36,40)(H,37,39)/b35-20-/t23-/m0/s1. The van der Waals surface area contributed by atoms with Gasteiger partial charge in [-0.2, -0.15) is 5.10 Å². The minimum absolute atomic E-state index is 0.0640. The van der Waals surface area contributed by atoms with Crippen molar-refractivity contribution >= 4 is 33.7 Å². The number of hydrogen-bond donors (Lipinski definition) is 2. The average molecular weight is 649 g/mol. The normalized spacial score (nSPS) is 11.8. The second-order valence-corrected chi connectivity index (χ2v) is 11.7. The summed E-state index contributed by atoms with van der Waals surface area (Å²) in [5.41, 5.74) is 3.96. The van der Waals surface area contributed by atoms with Gasteiger partial charge in [0.05, 0.1) is 37.1 Å². The number of methoxy groups -OCH3 is 2. The van der Waals surface area contributed by atoms with Crippen LogP contribution in [0.3, 0.4) is 0 Å². The van der Waals surface area contributed by atoms with E-state index in [0.29, 0.717) is 17.1 Å². The molecule has 0 heterocycles. The van der Waals surface area contributed by atoms with E-state index in [1.807, 2.05) is 37.3 Å². The molecule has 46 heavy (non-hydrogen) atoms. The zero-order chi connectivity index (χ0) is 33.1. The van der Waals surface area contributed by atoms with Gasteiger partial charge in [0.2, 0.25) is 0 Å². The third-order valence-electron chi connectivity index (χ3n) is 6.67. The molecule has 0 radical (unpaired) electrons. The summed E-state index contributed by atoms with van der Waals surface area (Å²) in [6.45, 7) is 1.06. The molecule has 0 spiro atoms. The molecule has 0 aliphatic rings. The first-order chi connectivity index (χ1) is 22.1. The molecule has 2 amide bonds. The van der Waals surface area contributed by atoms with Crippen LogP contribution in [0.25, 0.3) is 0 Å². The Morgan fingerprint density at radius 2 is 1.57 bits per heavy atom. The zero-order valence-electron chi connectivity index (χ0n) is 25.3. The van der Waals surface area contributed by atoms with Crippen molar-refractivity contribution in [3.63, 3.8) is 0 Å². The average Bonchev–Trinajstić information content (AvgIpc) is 3.07. The Balaban J connectivity index is 1.37. The van der Waals surface area contributed by atoms with Crippen molar-refractivity contribution in [2.75, 3.05) is 31.7 Å².